The zero-order valence-corrected chi connectivity index (χ0v) is 26.3. The van der Waals surface area contributed by atoms with Crippen molar-refractivity contribution in [3.05, 3.63) is 144 Å². The number of alkyl halides is 2. The Hall–Kier alpha value is -3.99. The van der Waals surface area contributed by atoms with Gasteiger partial charge in [-0.1, -0.05) is 121 Å². The molecule has 0 amide bonds. The number of halogens is 2. The minimum Gasteiger partial charge on any atom is -0.461 e. The fraction of sp³-hybridized carbons (Fsp3) is 0.342. The van der Waals surface area contributed by atoms with Crippen molar-refractivity contribution in [3.8, 4) is 0 Å². The highest BCUT2D eigenvalue weighted by atomic mass is 19.3. The molecule has 0 unspecified atom stereocenters. The van der Waals surface area contributed by atoms with Gasteiger partial charge in [0, 0.05) is 0 Å². The van der Waals surface area contributed by atoms with E-state index < -0.39 is 42.4 Å². The fourth-order valence-electron chi connectivity index (χ4n) is 5.42. The molecule has 5 atom stereocenters. The molecule has 0 aliphatic carbocycles. The minimum atomic E-state index is -4.08. The fourth-order valence-corrected chi connectivity index (χ4v) is 5.42. The normalized spacial score (nSPS) is 21.3. The summed E-state index contributed by atoms with van der Waals surface area (Å²) < 4.78 is 68.4. The summed E-state index contributed by atoms with van der Waals surface area (Å²) in [5, 5.41) is 0. The van der Waals surface area contributed by atoms with Crippen LogP contribution < -0.4 is 0 Å². The summed E-state index contributed by atoms with van der Waals surface area (Å²) in [6.07, 6.45) is -6.54. The van der Waals surface area contributed by atoms with Gasteiger partial charge in [0.05, 0.1) is 39.6 Å². The quantitative estimate of drug-likeness (QED) is 0.122. The Morgan fingerprint density at radius 3 is 1.47 bits per heavy atom. The molecule has 0 radical (unpaired) electrons. The molecular formula is C38H40F2O7. The average molecular weight is 647 g/mol. The molecule has 4 aromatic rings. The molecular weight excluding hydrogens is 606 g/mol. The van der Waals surface area contributed by atoms with E-state index in [1.807, 2.05) is 121 Å². The number of carbonyl (C=O) groups is 1. The molecule has 248 valence electrons. The molecule has 47 heavy (non-hydrogen) atoms. The second kappa shape index (κ2) is 17.2. The van der Waals surface area contributed by atoms with Gasteiger partial charge in [-0.2, -0.15) is 8.78 Å². The Labute approximate surface area is 274 Å². The lowest BCUT2D eigenvalue weighted by atomic mass is 9.90. The van der Waals surface area contributed by atoms with Crippen molar-refractivity contribution < 1.29 is 42.0 Å². The number of hydrogen-bond donors (Lipinski definition) is 0. The Morgan fingerprint density at radius 2 is 1.02 bits per heavy atom. The number of ether oxygens (including phenoxy) is 6. The van der Waals surface area contributed by atoms with Crippen molar-refractivity contribution in [2.24, 2.45) is 0 Å². The van der Waals surface area contributed by atoms with E-state index in [1.54, 1.807) is 0 Å². The van der Waals surface area contributed by atoms with Crippen LogP contribution in [-0.2, 0) is 59.6 Å². The minimum absolute atomic E-state index is 0.0317. The van der Waals surface area contributed by atoms with Gasteiger partial charge in [-0.15, -0.1) is 0 Å². The number of rotatable bonds is 16. The van der Waals surface area contributed by atoms with Gasteiger partial charge in [-0.3, -0.25) is 0 Å². The number of benzene rings is 4. The summed E-state index contributed by atoms with van der Waals surface area (Å²) in [6.45, 7) is 1.55. The Bertz CT molecular complexity index is 1480. The molecule has 0 aromatic heterocycles. The van der Waals surface area contributed by atoms with E-state index in [9.17, 15) is 4.79 Å². The van der Waals surface area contributed by atoms with Gasteiger partial charge in [0.1, 0.15) is 24.4 Å². The Morgan fingerprint density at radius 1 is 0.617 bits per heavy atom. The Balaban J connectivity index is 1.50. The highest BCUT2D eigenvalue weighted by Crippen LogP contribution is 2.38. The van der Waals surface area contributed by atoms with Crippen LogP contribution in [0.25, 0.3) is 0 Å². The third-order valence-corrected chi connectivity index (χ3v) is 7.79. The molecule has 5 rings (SSSR count). The van der Waals surface area contributed by atoms with Crippen LogP contribution in [0.3, 0.4) is 0 Å². The highest BCUT2D eigenvalue weighted by Gasteiger charge is 2.61. The second-order valence-electron chi connectivity index (χ2n) is 11.2. The smallest absolute Gasteiger partial charge is 0.379 e. The van der Waals surface area contributed by atoms with Crippen molar-refractivity contribution in [1.29, 1.82) is 0 Å². The van der Waals surface area contributed by atoms with E-state index in [0.717, 1.165) is 22.3 Å². The van der Waals surface area contributed by atoms with E-state index in [0.29, 0.717) is 0 Å². The van der Waals surface area contributed by atoms with Gasteiger partial charge < -0.3 is 28.4 Å². The van der Waals surface area contributed by atoms with E-state index in [-0.39, 0.29) is 39.6 Å². The standard InChI is InChI=1S/C38H40F2O7/c1-2-43-37(41)38(39,40)36-35(46-26-31-21-13-6-14-22-31)34(45-25-30-19-11-5-12-20-30)33(44-24-29-17-9-4-10-18-29)32(47-36)27-42-23-28-15-7-3-8-16-28/h3-22,32-36H,2,23-27H2,1H3/t32-,33-,34-,35+,36-/m0/s1. The lowest BCUT2D eigenvalue weighted by Crippen LogP contribution is -2.66. The molecule has 0 saturated carbocycles. The van der Waals surface area contributed by atoms with Crippen molar-refractivity contribution in [2.75, 3.05) is 13.2 Å². The van der Waals surface area contributed by atoms with E-state index in [2.05, 4.69) is 0 Å². The number of esters is 1. The molecule has 1 saturated heterocycles. The van der Waals surface area contributed by atoms with Crippen LogP contribution in [0.15, 0.2) is 121 Å². The third kappa shape index (κ3) is 9.53. The summed E-state index contributed by atoms with van der Waals surface area (Å²) in [5.74, 6) is -5.78. The summed E-state index contributed by atoms with van der Waals surface area (Å²) in [5.41, 5.74) is 3.36. The maximum absolute atomic E-state index is 16.1. The molecule has 0 bridgehead atoms. The molecule has 7 nitrogen and oxygen atoms in total. The lowest BCUT2D eigenvalue weighted by Gasteiger charge is -2.47. The van der Waals surface area contributed by atoms with Crippen LogP contribution in [0.2, 0.25) is 0 Å². The summed E-state index contributed by atoms with van der Waals surface area (Å²) in [7, 11) is 0. The first-order valence-corrected chi connectivity index (χ1v) is 15.7. The lowest BCUT2D eigenvalue weighted by molar-refractivity contribution is -0.307. The number of hydrogen-bond acceptors (Lipinski definition) is 7. The average Bonchev–Trinajstić information content (AvgIpc) is 3.11. The molecule has 1 heterocycles. The van der Waals surface area contributed by atoms with Crippen LogP contribution in [0.1, 0.15) is 29.2 Å². The maximum Gasteiger partial charge on any atom is 0.379 e. The van der Waals surface area contributed by atoms with E-state index >= 15 is 8.78 Å². The van der Waals surface area contributed by atoms with Gasteiger partial charge in [0.2, 0.25) is 0 Å². The molecule has 1 aliphatic heterocycles. The second-order valence-corrected chi connectivity index (χ2v) is 11.2. The Kier molecular flexibility index (Phi) is 12.6. The first kappa shape index (κ1) is 34.3. The SMILES string of the molecule is CCOC(=O)C(F)(F)[C@H]1O[C@@H](COCc2ccccc2)[C@H](OCc2ccccc2)[C@H](OCc2ccccc2)[C@H]1OCc1ccccc1. The summed E-state index contributed by atoms with van der Waals surface area (Å²) >= 11 is 0. The number of carbonyl (C=O) groups excluding carboxylic acids is 1. The van der Waals surface area contributed by atoms with Crippen LogP contribution in [-0.4, -0.2) is 55.6 Å². The predicted molar refractivity (Wildman–Crippen MR) is 171 cm³/mol. The first-order chi connectivity index (χ1) is 23.0. The van der Waals surface area contributed by atoms with Crippen LogP contribution in [0, 0.1) is 0 Å². The van der Waals surface area contributed by atoms with Crippen LogP contribution in [0.5, 0.6) is 0 Å². The van der Waals surface area contributed by atoms with Gasteiger partial charge >= 0.3 is 11.9 Å². The zero-order chi connectivity index (χ0) is 32.9. The van der Waals surface area contributed by atoms with E-state index in [4.69, 9.17) is 28.4 Å². The van der Waals surface area contributed by atoms with Crippen molar-refractivity contribution in [1.82, 2.24) is 0 Å². The molecule has 0 spiro atoms. The molecule has 4 aromatic carbocycles. The van der Waals surface area contributed by atoms with Gasteiger partial charge in [-0.05, 0) is 29.2 Å². The summed E-state index contributed by atoms with van der Waals surface area (Å²) in [6, 6.07) is 37.5. The largest absolute Gasteiger partial charge is 0.461 e. The molecule has 1 fully saturated rings. The van der Waals surface area contributed by atoms with Crippen molar-refractivity contribution in [2.45, 2.75) is 69.8 Å². The first-order valence-electron chi connectivity index (χ1n) is 15.7. The molecule has 1 aliphatic rings. The predicted octanol–water partition coefficient (Wildman–Crippen LogP) is 6.93. The van der Waals surface area contributed by atoms with Gasteiger partial charge in [-0.25, -0.2) is 4.79 Å². The van der Waals surface area contributed by atoms with E-state index in [1.165, 1.54) is 6.92 Å². The van der Waals surface area contributed by atoms with Crippen LogP contribution >= 0.6 is 0 Å². The maximum atomic E-state index is 16.1. The van der Waals surface area contributed by atoms with Gasteiger partial charge in [0.25, 0.3) is 0 Å². The topological polar surface area (TPSA) is 72.5 Å². The van der Waals surface area contributed by atoms with Crippen LogP contribution in [0.4, 0.5) is 8.78 Å². The summed E-state index contributed by atoms with van der Waals surface area (Å²) in [4.78, 5) is 12.8. The monoisotopic (exact) mass is 646 g/mol. The molecule has 9 heteroatoms. The third-order valence-electron chi connectivity index (χ3n) is 7.79. The zero-order valence-electron chi connectivity index (χ0n) is 26.3. The van der Waals surface area contributed by atoms with Crippen molar-refractivity contribution >= 4 is 5.97 Å². The molecule has 0 N–H and O–H groups in total. The van der Waals surface area contributed by atoms with Gasteiger partial charge in [0.15, 0.2) is 6.10 Å². The van der Waals surface area contributed by atoms with Crippen molar-refractivity contribution in [3.63, 3.8) is 0 Å². The highest BCUT2D eigenvalue weighted by molar-refractivity contribution is 5.78.